The predicted molar refractivity (Wildman–Crippen MR) is 240 cm³/mol. The number of hydrogen-bond donors (Lipinski definition) is 3. The van der Waals surface area contributed by atoms with Gasteiger partial charge in [0, 0.05) is 40.8 Å². The van der Waals surface area contributed by atoms with Crippen molar-refractivity contribution in [2.75, 3.05) is 48.5 Å². The van der Waals surface area contributed by atoms with Crippen LogP contribution < -0.4 is 10.6 Å². The molecule has 3 rings (SSSR count). The average Bonchev–Trinajstić information content (AvgIpc) is 3.74. The van der Waals surface area contributed by atoms with Gasteiger partial charge in [0.2, 0.25) is 23.6 Å². The van der Waals surface area contributed by atoms with E-state index in [4.69, 9.17) is 14.2 Å². The van der Waals surface area contributed by atoms with Crippen LogP contribution in [0, 0.1) is 23.7 Å². The molecule has 1 heterocycles. The Morgan fingerprint density at radius 2 is 1.48 bits per heavy atom. The fourth-order valence-electron chi connectivity index (χ4n) is 8.89. The van der Waals surface area contributed by atoms with Crippen molar-refractivity contribution in [1.29, 1.82) is 0 Å². The summed E-state index contributed by atoms with van der Waals surface area (Å²) >= 11 is 0. The first kappa shape index (κ1) is 51.8. The Morgan fingerprint density at radius 3 is 2.03 bits per heavy atom. The first-order chi connectivity index (χ1) is 29.4. The van der Waals surface area contributed by atoms with Crippen molar-refractivity contribution >= 4 is 29.6 Å². The second kappa shape index (κ2) is 24.9. The van der Waals surface area contributed by atoms with Gasteiger partial charge in [0.15, 0.2) is 0 Å². The number of carbonyl (C=O) groups excluding carboxylic acids is 5. The zero-order chi connectivity index (χ0) is 46.3. The summed E-state index contributed by atoms with van der Waals surface area (Å²) in [5.74, 6) is -2.48. The number of methoxy groups -OCH3 is 3. The molecule has 0 aliphatic carbocycles. The van der Waals surface area contributed by atoms with Gasteiger partial charge in [0.1, 0.15) is 17.8 Å². The monoisotopic (exact) mass is 866 g/mol. The maximum absolute atomic E-state index is 14.5. The summed E-state index contributed by atoms with van der Waals surface area (Å²) in [6.45, 7) is 14.7. The molecule has 3 N–H and O–H groups in total. The molecular formula is C48H75N5O9. The lowest BCUT2D eigenvalue weighted by atomic mass is 9.89. The molecule has 9 atom stereocenters. The largest absolute Gasteiger partial charge is 0.508 e. The summed E-state index contributed by atoms with van der Waals surface area (Å²) in [4.78, 5) is 74.8. The topological polar surface area (TPSA) is 167 Å². The number of hydrogen-bond acceptors (Lipinski definition) is 10. The minimum atomic E-state index is -0.903. The highest BCUT2D eigenvalue weighted by Gasteiger charge is 2.43. The molecule has 1 fully saturated rings. The Labute approximate surface area is 370 Å². The number of benzene rings is 2. The van der Waals surface area contributed by atoms with E-state index in [0.717, 1.165) is 11.1 Å². The molecule has 14 nitrogen and oxygen atoms in total. The number of nitrogens with one attached hydrogen (secondary N) is 2. The third-order valence-corrected chi connectivity index (χ3v) is 12.6. The van der Waals surface area contributed by atoms with Crippen LogP contribution in [0.25, 0.3) is 0 Å². The second-order valence-corrected chi connectivity index (χ2v) is 17.7. The number of amides is 4. The molecule has 1 saturated heterocycles. The van der Waals surface area contributed by atoms with Crippen molar-refractivity contribution in [1.82, 2.24) is 25.3 Å². The number of aromatic hydroxyl groups is 1. The SMILES string of the molecule is CC[C@H](C)[C@@H]([C@@H](CC(=O)N1CCC[C@H]1[C@H](OC)[C@@H](C)C(=O)N[C@@H](Cc1ccccc1)C(=O)OC)OC)N(C)C(=O)C(NC(=O)[C@H](C(C)C)N(C)CCc1ccc(O)cc1)C(C)C. The molecule has 0 aromatic heterocycles. The van der Waals surface area contributed by atoms with Crippen LogP contribution in [-0.2, 0) is 51.0 Å². The molecule has 14 heteroatoms. The average molecular weight is 866 g/mol. The van der Waals surface area contributed by atoms with E-state index >= 15 is 0 Å². The zero-order valence-electron chi connectivity index (χ0n) is 39.3. The Hall–Kier alpha value is -4.53. The number of phenolic OH excluding ortho intramolecular Hbond substituents is 1. The maximum atomic E-state index is 14.5. The summed E-state index contributed by atoms with van der Waals surface area (Å²) in [7, 11) is 7.99. The molecule has 2 aromatic rings. The number of nitrogens with zero attached hydrogens (tertiary/aromatic N) is 3. The minimum absolute atomic E-state index is 0.0158. The van der Waals surface area contributed by atoms with Crippen molar-refractivity contribution in [3.63, 3.8) is 0 Å². The van der Waals surface area contributed by atoms with E-state index in [1.807, 2.05) is 96.0 Å². The third kappa shape index (κ3) is 14.0. The van der Waals surface area contributed by atoms with Gasteiger partial charge in [-0.25, -0.2) is 4.79 Å². The first-order valence-electron chi connectivity index (χ1n) is 22.2. The molecule has 1 aliphatic rings. The first-order valence-corrected chi connectivity index (χ1v) is 22.2. The van der Waals surface area contributed by atoms with Gasteiger partial charge in [-0.3, -0.25) is 24.1 Å². The van der Waals surface area contributed by atoms with Crippen LogP contribution in [0.5, 0.6) is 5.75 Å². The third-order valence-electron chi connectivity index (χ3n) is 12.6. The molecule has 0 saturated carbocycles. The molecule has 1 unspecified atom stereocenters. The Bertz CT molecular complexity index is 1720. The number of esters is 1. The summed E-state index contributed by atoms with van der Waals surface area (Å²) in [5.41, 5.74) is 1.91. The molecule has 0 spiro atoms. The van der Waals surface area contributed by atoms with Gasteiger partial charge in [-0.1, -0.05) is 97.4 Å². The van der Waals surface area contributed by atoms with Gasteiger partial charge >= 0.3 is 5.97 Å². The summed E-state index contributed by atoms with van der Waals surface area (Å²) < 4.78 is 17.0. The van der Waals surface area contributed by atoms with Crippen molar-refractivity contribution in [3.8, 4) is 5.75 Å². The molecular weight excluding hydrogens is 791 g/mol. The predicted octanol–water partition coefficient (Wildman–Crippen LogP) is 4.85. The van der Waals surface area contributed by atoms with E-state index in [9.17, 15) is 29.1 Å². The zero-order valence-corrected chi connectivity index (χ0v) is 39.3. The van der Waals surface area contributed by atoms with Crippen LogP contribution in [0.1, 0.15) is 85.3 Å². The molecule has 4 amide bonds. The highest BCUT2D eigenvalue weighted by molar-refractivity contribution is 5.90. The number of rotatable bonds is 24. The van der Waals surface area contributed by atoms with Gasteiger partial charge in [-0.05, 0) is 67.3 Å². The quantitative estimate of drug-likeness (QED) is 0.124. The molecule has 0 bridgehead atoms. The van der Waals surface area contributed by atoms with E-state index < -0.39 is 54.3 Å². The van der Waals surface area contributed by atoms with E-state index in [1.165, 1.54) is 14.2 Å². The lowest BCUT2D eigenvalue weighted by molar-refractivity contribution is -0.149. The van der Waals surface area contributed by atoms with E-state index in [0.29, 0.717) is 38.8 Å². The molecule has 62 heavy (non-hydrogen) atoms. The lowest BCUT2D eigenvalue weighted by Crippen LogP contribution is -2.60. The van der Waals surface area contributed by atoms with Gasteiger partial charge in [0.05, 0.1) is 49.8 Å². The molecule has 2 aromatic carbocycles. The smallest absolute Gasteiger partial charge is 0.328 e. The summed E-state index contributed by atoms with van der Waals surface area (Å²) in [6.07, 6.45) is 1.63. The van der Waals surface area contributed by atoms with E-state index in [-0.39, 0.29) is 60.0 Å². The van der Waals surface area contributed by atoms with Crippen molar-refractivity contribution < 1.29 is 43.3 Å². The molecule has 0 radical (unpaired) electrons. The van der Waals surface area contributed by atoms with E-state index in [1.54, 1.807) is 43.0 Å². The molecule has 1 aliphatic heterocycles. The van der Waals surface area contributed by atoms with Crippen LogP contribution >= 0.6 is 0 Å². The van der Waals surface area contributed by atoms with Crippen LogP contribution in [0.4, 0.5) is 0 Å². The Kier molecular flexibility index (Phi) is 20.8. The van der Waals surface area contributed by atoms with E-state index in [2.05, 4.69) is 10.6 Å². The number of likely N-dealkylation sites (N-methyl/N-ethyl adjacent to an activating group) is 2. The lowest BCUT2D eigenvalue weighted by Gasteiger charge is -2.41. The van der Waals surface area contributed by atoms with Crippen LogP contribution in [0.3, 0.4) is 0 Å². The van der Waals surface area contributed by atoms with Crippen molar-refractivity contribution in [3.05, 3.63) is 65.7 Å². The van der Waals surface area contributed by atoms with Crippen LogP contribution in [0.15, 0.2) is 54.6 Å². The van der Waals surface area contributed by atoms with Crippen molar-refractivity contribution in [2.24, 2.45) is 23.7 Å². The maximum Gasteiger partial charge on any atom is 0.328 e. The molecule has 346 valence electrons. The Balaban J connectivity index is 1.77. The number of ether oxygens (including phenoxy) is 3. The summed E-state index contributed by atoms with van der Waals surface area (Å²) in [5, 5.41) is 15.6. The fraction of sp³-hybridized carbons (Fsp3) is 0.646. The highest BCUT2D eigenvalue weighted by Crippen LogP contribution is 2.30. The second-order valence-electron chi connectivity index (χ2n) is 17.7. The number of carbonyl (C=O) groups is 5. The van der Waals surface area contributed by atoms with Gasteiger partial charge in [0.25, 0.3) is 0 Å². The van der Waals surface area contributed by atoms with Gasteiger partial charge in [-0.2, -0.15) is 0 Å². The van der Waals surface area contributed by atoms with Gasteiger partial charge in [-0.15, -0.1) is 0 Å². The van der Waals surface area contributed by atoms with Crippen LogP contribution in [0.2, 0.25) is 0 Å². The highest BCUT2D eigenvalue weighted by atomic mass is 16.5. The standard InChI is InChI=1S/C48H75N5O9/c1-13-32(6)43(52(9)47(58)41(30(2)3)50-46(57)42(31(4)5)51(8)27-25-34-21-23-36(54)24-22-34)39(60-10)29-40(55)53-26-17-20-38(53)44(61-11)33(7)45(56)49-37(48(59)62-12)28-35-18-15-14-16-19-35/h14-16,18-19,21-24,30-33,37-39,41-44,54H,13,17,20,25-29H2,1-12H3,(H,49,56)(H,50,57)/t32-,33+,37-,38-,39+,41?,42-,43-,44+/m0/s1. The number of likely N-dealkylation sites (tertiary alicyclic amines) is 1. The fourth-order valence-corrected chi connectivity index (χ4v) is 8.89. The van der Waals surface area contributed by atoms with Crippen molar-refractivity contribution in [2.45, 2.75) is 129 Å². The van der Waals surface area contributed by atoms with Gasteiger partial charge < -0.3 is 39.8 Å². The minimum Gasteiger partial charge on any atom is -0.508 e. The summed E-state index contributed by atoms with van der Waals surface area (Å²) in [6, 6.07) is 13.3. The normalized spacial score (nSPS) is 18.0. The number of phenols is 1. The van der Waals surface area contributed by atoms with Crippen LogP contribution in [-0.4, -0.2) is 140 Å². The Morgan fingerprint density at radius 1 is 0.839 bits per heavy atom.